The first-order chi connectivity index (χ1) is 13.5. The molecule has 3 N–H and O–H groups in total. The van der Waals surface area contributed by atoms with E-state index in [1.165, 1.54) is 12.3 Å². The lowest BCUT2D eigenvalue weighted by molar-refractivity contribution is -0.135. The first-order valence-corrected chi connectivity index (χ1v) is 8.79. The van der Waals surface area contributed by atoms with E-state index in [1.807, 2.05) is 30.3 Å². The number of rotatable bonds is 6. The summed E-state index contributed by atoms with van der Waals surface area (Å²) in [6.45, 7) is -0.559. The summed E-state index contributed by atoms with van der Waals surface area (Å²) in [6.07, 6.45) is 3.48. The molecule has 2 aromatic heterocycles. The minimum Gasteiger partial charge on any atom is -0.505 e. The highest BCUT2D eigenvalue weighted by Gasteiger charge is 2.33. The lowest BCUT2D eigenvalue weighted by Gasteiger charge is -2.06. The molecule has 4 rings (SSSR count). The van der Waals surface area contributed by atoms with Crippen LogP contribution >= 0.6 is 0 Å². The Labute approximate surface area is 159 Å². The number of aliphatic carboxylic acids is 1. The molecule has 0 bridgehead atoms. The standard InChI is InChI=1S/C20H17N3O5/c24-14-8-13(9-21-18(14)20(27)22-10-15(25)26)19-16(11-6-7-11)17(23-28-19)12-4-2-1-3-5-12/h1-5,8-9,11,24H,6-7,10H2,(H,22,27)(H,25,26). The molecule has 0 atom stereocenters. The van der Waals surface area contributed by atoms with Crippen LogP contribution in [0.4, 0.5) is 0 Å². The monoisotopic (exact) mass is 379 g/mol. The van der Waals surface area contributed by atoms with Crippen LogP contribution in [0, 0.1) is 0 Å². The van der Waals surface area contributed by atoms with Crippen LogP contribution in [-0.4, -0.2) is 38.8 Å². The molecule has 1 saturated carbocycles. The van der Waals surface area contributed by atoms with Gasteiger partial charge in [0.2, 0.25) is 0 Å². The summed E-state index contributed by atoms with van der Waals surface area (Å²) in [4.78, 5) is 26.5. The van der Waals surface area contributed by atoms with Crippen LogP contribution in [0.5, 0.6) is 5.75 Å². The predicted octanol–water partition coefficient (Wildman–Crippen LogP) is 2.80. The van der Waals surface area contributed by atoms with Crippen molar-refractivity contribution in [3.63, 3.8) is 0 Å². The zero-order valence-corrected chi connectivity index (χ0v) is 14.8. The molecule has 0 spiro atoms. The zero-order chi connectivity index (χ0) is 19.7. The summed E-state index contributed by atoms with van der Waals surface area (Å²) < 4.78 is 5.59. The largest absolute Gasteiger partial charge is 0.505 e. The van der Waals surface area contributed by atoms with Crippen molar-refractivity contribution in [1.82, 2.24) is 15.5 Å². The Bertz CT molecular complexity index is 1040. The van der Waals surface area contributed by atoms with E-state index >= 15 is 0 Å². The second-order valence-corrected chi connectivity index (χ2v) is 6.58. The quantitative estimate of drug-likeness (QED) is 0.601. The molecule has 1 aromatic carbocycles. The van der Waals surface area contributed by atoms with Crippen LogP contribution in [0.15, 0.2) is 47.1 Å². The number of carbonyl (C=O) groups excluding carboxylic acids is 1. The number of carboxylic acid groups (broad SMARTS) is 1. The van der Waals surface area contributed by atoms with Gasteiger partial charge in [-0.3, -0.25) is 9.59 Å². The number of carboxylic acids is 1. The molecule has 0 saturated heterocycles. The van der Waals surface area contributed by atoms with Gasteiger partial charge >= 0.3 is 5.97 Å². The van der Waals surface area contributed by atoms with E-state index in [-0.39, 0.29) is 11.4 Å². The number of pyridine rings is 1. The van der Waals surface area contributed by atoms with Crippen molar-refractivity contribution < 1.29 is 24.3 Å². The molecule has 8 heteroatoms. The van der Waals surface area contributed by atoms with Gasteiger partial charge < -0.3 is 20.1 Å². The minimum atomic E-state index is -1.19. The average Bonchev–Trinajstić information content (AvgIpc) is 3.44. The Hall–Kier alpha value is -3.68. The number of nitrogens with one attached hydrogen (secondary N) is 1. The van der Waals surface area contributed by atoms with Gasteiger partial charge in [-0.15, -0.1) is 0 Å². The summed E-state index contributed by atoms with van der Waals surface area (Å²) in [7, 11) is 0. The van der Waals surface area contributed by atoms with E-state index in [9.17, 15) is 14.7 Å². The Kier molecular flexibility index (Phi) is 4.52. The van der Waals surface area contributed by atoms with Crippen LogP contribution in [0.1, 0.15) is 34.8 Å². The number of hydrogen-bond acceptors (Lipinski definition) is 6. The molecular weight excluding hydrogens is 362 g/mol. The summed E-state index contributed by atoms with van der Waals surface area (Å²) in [5.74, 6) is -1.47. The topological polar surface area (TPSA) is 126 Å². The molecule has 0 radical (unpaired) electrons. The van der Waals surface area contributed by atoms with E-state index < -0.39 is 18.4 Å². The average molecular weight is 379 g/mol. The Morgan fingerprint density at radius 1 is 1.18 bits per heavy atom. The third-order valence-corrected chi connectivity index (χ3v) is 4.51. The number of benzene rings is 1. The number of amides is 1. The van der Waals surface area contributed by atoms with Crippen molar-refractivity contribution in [1.29, 1.82) is 0 Å². The van der Waals surface area contributed by atoms with Gasteiger partial charge in [0.15, 0.2) is 11.5 Å². The Morgan fingerprint density at radius 3 is 2.57 bits per heavy atom. The summed E-state index contributed by atoms with van der Waals surface area (Å²) in [5, 5.41) is 25.3. The van der Waals surface area contributed by atoms with Crippen molar-refractivity contribution in [3.8, 4) is 28.3 Å². The van der Waals surface area contributed by atoms with Crippen LogP contribution in [0.3, 0.4) is 0 Å². The molecule has 1 aliphatic carbocycles. The second-order valence-electron chi connectivity index (χ2n) is 6.58. The lowest BCUT2D eigenvalue weighted by Crippen LogP contribution is -2.29. The van der Waals surface area contributed by atoms with Crippen molar-refractivity contribution in [3.05, 3.63) is 53.9 Å². The van der Waals surface area contributed by atoms with Crippen LogP contribution < -0.4 is 5.32 Å². The lowest BCUT2D eigenvalue weighted by atomic mass is 9.99. The SMILES string of the molecule is O=C(O)CNC(=O)c1ncc(-c2onc(-c3ccccc3)c2C2CC2)cc1O. The van der Waals surface area contributed by atoms with Gasteiger partial charge in [0.25, 0.3) is 5.91 Å². The fourth-order valence-electron chi connectivity index (χ4n) is 3.05. The highest BCUT2D eigenvalue weighted by molar-refractivity contribution is 5.96. The van der Waals surface area contributed by atoms with Gasteiger partial charge in [-0.2, -0.15) is 0 Å². The van der Waals surface area contributed by atoms with E-state index in [0.29, 0.717) is 17.2 Å². The van der Waals surface area contributed by atoms with Crippen LogP contribution in [0.25, 0.3) is 22.6 Å². The van der Waals surface area contributed by atoms with Crippen LogP contribution in [0.2, 0.25) is 0 Å². The maximum absolute atomic E-state index is 12.0. The normalized spacial score (nSPS) is 13.3. The Morgan fingerprint density at radius 2 is 1.93 bits per heavy atom. The van der Waals surface area contributed by atoms with E-state index in [2.05, 4.69) is 15.5 Å². The van der Waals surface area contributed by atoms with Crippen molar-refractivity contribution in [2.24, 2.45) is 0 Å². The zero-order valence-electron chi connectivity index (χ0n) is 14.8. The number of carbonyl (C=O) groups is 2. The fourth-order valence-corrected chi connectivity index (χ4v) is 3.05. The van der Waals surface area contributed by atoms with Crippen molar-refractivity contribution in [2.75, 3.05) is 6.54 Å². The van der Waals surface area contributed by atoms with Crippen LogP contribution in [-0.2, 0) is 4.79 Å². The van der Waals surface area contributed by atoms with E-state index in [4.69, 9.17) is 9.63 Å². The molecule has 2 heterocycles. The highest BCUT2D eigenvalue weighted by Crippen LogP contribution is 2.48. The third kappa shape index (κ3) is 3.44. The second kappa shape index (κ2) is 7.15. The van der Waals surface area contributed by atoms with Gasteiger partial charge in [-0.25, -0.2) is 4.98 Å². The fraction of sp³-hybridized carbons (Fsp3) is 0.200. The van der Waals surface area contributed by atoms with Gasteiger partial charge in [0, 0.05) is 22.9 Å². The van der Waals surface area contributed by atoms with E-state index in [0.717, 1.165) is 29.7 Å². The van der Waals surface area contributed by atoms with Crippen molar-refractivity contribution in [2.45, 2.75) is 18.8 Å². The van der Waals surface area contributed by atoms with E-state index in [1.54, 1.807) is 0 Å². The highest BCUT2D eigenvalue weighted by atomic mass is 16.5. The summed E-state index contributed by atoms with van der Waals surface area (Å²) >= 11 is 0. The molecule has 1 amide bonds. The van der Waals surface area contributed by atoms with Gasteiger partial charge in [0.1, 0.15) is 18.0 Å². The number of hydrogen-bond donors (Lipinski definition) is 3. The Balaban J connectivity index is 1.68. The third-order valence-electron chi connectivity index (χ3n) is 4.51. The van der Waals surface area contributed by atoms with Gasteiger partial charge in [0.05, 0.1) is 0 Å². The molecule has 1 fully saturated rings. The molecule has 1 aliphatic rings. The van der Waals surface area contributed by atoms with Gasteiger partial charge in [-0.05, 0) is 24.8 Å². The molecule has 3 aromatic rings. The number of aromatic nitrogens is 2. The maximum atomic E-state index is 12.0. The number of aromatic hydroxyl groups is 1. The molecule has 28 heavy (non-hydrogen) atoms. The molecule has 142 valence electrons. The molecular formula is C20H17N3O5. The molecule has 0 aliphatic heterocycles. The smallest absolute Gasteiger partial charge is 0.322 e. The molecule has 8 nitrogen and oxygen atoms in total. The first kappa shape index (κ1) is 17.7. The summed E-state index contributed by atoms with van der Waals surface area (Å²) in [5.41, 5.74) is 2.93. The first-order valence-electron chi connectivity index (χ1n) is 8.79. The number of nitrogens with zero attached hydrogens (tertiary/aromatic N) is 2. The minimum absolute atomic E-state index is 0.249. The van der Waals surface area contributed by atoms with Crippen molar-refractivity contribution >= 4 is 11.9 Å². The van der Waals surface area contributed by atoms with Gasteiger partial charge in [-0.1, -0.05) is 35.5 Å². The molecule has 0 unspecified atom stereocenters. The predicted molar refractivity (Wildman–Crippen MR) is 98.8 cm³/mol. The maximum Gasteiger partial charge on any atom is 0.322 e. The summed E-state index contributed by atoms with van der Waals surface area (Å²) in [6, 6.07) is 11.1.